The zero-order valence-corrected chi connectivity index (χ0v) is 41.6. The van der Waals surface area contributed by atoms with Crippen molar-refractivity contribution >= 4 is 5.91 Å². The van der Waals surface area contributed by atoms with Crippen molar-refractivity contribution in [1.82, 2.24) is 5.32 Å². The Kier molecular flexibility index (Phi) is 51.4. The highest BCUT2D eigenvalue weighted by molar-refractivity contribution is 5.76. The lowest BCUT2D eigenvalue weighted by atomic mass is 10.0. The van der Waals surface area contributed by atoms with Gasteiger partial charge in [0.05, 0.1) is 18.8 Å². The smallest absolute Gasteiger partial charge is 0.220 e. The number of amides is 1. The van der Waals surface area contributed by atoms with Crippen LogP contribution >= 0.6 is 0 Å². The molecule has 0 fully saturated rings. The van der Waals surface area contributed by atoms with Crippen LogP contribution in [0.1, 0.15) is 251 Å². The van der Waals surface area contributed by atoms with E-state index in [-0.39, 0.29) is 12.5 Å². The molecule has 0 aromatic rings. The van der Waals surface area contributed by atoms with Crippen LogP contribution in [0, 0.1) is 0 Å². The normalized spacial score (nSPS) is 13.7. The van der Waals surface area contributed by atoms with Crippen molar-refractivity contribution < 1.29 is 15.0 Å². The number of carbonyl (C=O) groups excluding carboxylic acids is 1. The number of hydrogen-bond donors (Lipinski definition) is 3. The molecule has 1 amide bonds. The molecule has 0 saturated heterocycles. The van der Waals surface area contributed by atoms with Crippen LogP contribution < -0.4 is 5.32 Å². The molecule has 0 aromatic carbocycles. The Morgan fingerprint density at radius 1 is 0.397 bits per heavy atom. The van der Waals surface area contributed by atoms with E-state index in [9.17, 15) is 15.0 Å². The Labute approximate surface area is 392 Å². The maximum absolute atomic E-state index is 12.4. The maximum Gasteiger partial charge on any atom is 0.220 e. The number of carbonyl (C=O) groups is 1. The third-order valence-corrected chi connectivity index (χ3v) is 11.8. The molecule has 2 atom stereocenters. The summed E-state index contributed by atoms with van der Waals surface area (Å²) in [6.07, 6.45) is 80.0. The Hall–Kier alpha value is -2.69. The SMILES string of the molecule is CC/C=C\C/C=C\C/C=C\C/C=C\C/C=C\CCCCCCCCCCCCCCCCCCCCCCCCCC(=O)NC(CO)C(O)/C=C/CC/C=C/CC/C=C/CCCC. The summed E-state index contributed by atoms with van der Waals surface area (Å²) < 4.78 is 0. The van der Waals surface area contributed by atoms with E-state index in [4.69, 9.17) is 0 Å². The molecule has 0 spiro atoms. The fourth-order valence-electron chi connectivity index (χ4n) is 7.69. The molecule has 63 heavy (non-hydrogen) atoms. The first-order valence-corrected chi connectivity index (χ1v) is 27.0. The number of nitrogens with one attached hydrogen (secondary N) is 1. The molecular formula is C59H103NO3. The Bertz CT molecular complexity index is 1170. The van der Waals surface area contributed by atoms with Crippen LogP contribution in [0.3, 0.4) is 0 Å². The largest absolute Gasteiger partial charge is 0.394 e. The lowest BCUT2D eigenvalue weighted by Crippen LogP contribution is -2.45. The van der Waals surface area contributed by atoms with E-state index >= 15 is 0 Å². The molecule has 0 bridgehead atoms. The molecule has 0 aliphatic rings. The first-order valence-electron chi connectivity index (χ1n) is 27.0. The summed E-state index contributed by atoms with van der Waals surface area (Å²) in [6, 6.07) is -0.646. The standard InChI is InChI=1S/C59H103NO3/c1-3-5-7-9-11-13-15-17-18-19-20-21-22-23-24-25-26-27-28-29-30-31-32-33-34-35-36-37-38-39-40-41-42-43-45-47-49-51-53-55-59(63)60-57(56-61)58(62)54-52-50-48-46-44-16-14-12-10-8-6-4-2/h5,7,10-13,17-18,20-21,23-24,44,46,52,54,57-58,61-62H,3-4,6,8-9,14-16,19,22,25-43,45,47-51,53,55-56H2,1-2H3,(H,60,63)/b7-5-,12-10+,13-11-,18-17-,21-20-,24-23-,46-44+,54-52+. The van der Waals surface area contributed by atoms with Crippen LogP contribution in [0.15, 0.2) is 97.2 Å². The van der Waals surface area contributed by atoms with Gasteiger partial charge in [-0.15, -0.1) is 0 Å². The van der Waals surface area contributed by atoms with Crippen LogP contribution in [0.25, 0.3) is 0 Å². The fourth-order valence-corrected chi connectivity index (χ4v) is 7.69. The van der Waals surface area contributed by atoms with E-state index in [0.29, 0.717) is 6.42 Å². The molecule has 2 unspecified atom stereocenters. The van der Waals surface area contributed by atoms with Crippen LogP contribution in [0.4, 0.5) is 0 Å². The van der Waals surface area contributed by atoms with Crippen molar-refractivity contribution in [3.05, 3.63) is 97.2 Å². The Balaban J connectivity index is 3.44. The third kappa shape index (κ3) is 50.2. The topological polar surface area (TPSA) is 69.6 Å². The van der Waals surface area contributed by atoms with Crippen molar-refractivity contribution in [2.75, 3.05) is 6.61 Å². The number of allylic oxidation sites excluding steroid dienone is 15. The zero-order chi connectivity index (χ0) is 45.6. The van der Waals surface area contributed by atoms with Crippen molar-refractivity contribution in [2.24, 2.45) is 0 Å². The van der Waals surface area contributed by atoms with E-state index in [1.165, 1.54) is 161 Å². The molecule has 0 aliphatic heterocycles. The van der Waals surface area contributed by atoms with Gasteiger partial charge in [-0.1, -0.05) is 259 Å². The molecule has 0 heterocycles. The Morgan fingerprint density at radius 2 is 0.714 bits per heavy atom. The number of unbranched alkanes of at least 4 members (excludes halogenated alkanes) is 27. The van der Waals surface area contributed by atoms with Gasteiger partial charge in [-0.2, -0.15) is 0 Å². The van der Waals surface area contributed by atoms with Gasteiger partial charge in [0.1, 0.15) is 0 Å². The summed E-state index contributed by atoms with van der Waals surface area (Å²) in [5.41, 5.74) is 0. The second kappa shape index (κ2) is 53.6. The van der Waals surface area contributed by atoms with Crippen LogP contribution in [-0.4, -0.2) is 34.9 Å². The monoisotopic (exact) mass is 874 g/mol. The fraction of sp³-hybridized carbons (Fsp3) is 0.712. The summed E-state index contributed by atoms with van der Waals surface area (Å²) in [5, 5.41) is 23.0. The molecule has 0 radical (unpaired) electrons. The molecule has 0 rings (SSSR count). The Morgan fingerprint density at radius 3 is 1.11 bits per heavy atom. The predicted molar refractivity (Wildman–Crippen MR) is 280 cm³/mol. The van der Waals surface area contributed by atoms with Gasteiger partial charge in [0, 0.05) is 6.42 Å². The summed E-state index contributed by atoms with van der Waals surface area (Å²) >= 11 is 0. The van der Waals surface area contributed by atoms with E-state index in [0.717, 1.165) is 70.6 Å². The van der Waals surface area contributed by atoms with Gasteiger partial charge in [-0.25, -0.2) is 0 Å². The van der Waals surface area contributed by atoms with E-state index in [2.05, 4.69) is 104 Å². The highest BCUT2D eigenvalue weighted by Crippen LogP contribution is 2.16. The van der Waals surface area contributed by atoms with Gasteiger partial charge in [0.25, 0.3) is 0 Å². The molecule has 0 aromatic heterocycles. The molecule has 0 saturated carbocycles. The first-order chi connectivity index (χ1) is 31.2. The predicted octanol–water partition coefficient (Wildman–Crippen LogP) is 17.7. The lowest BCUT2D eigenvalue weighted by molar-refractivity contribution is -0.123. The van der Waals surface area contributed by atoms with E-state index in [1.807, 2.05) is 6.08 Å². The van der Waals surface area contributed by atoms with E-state index in [1.54, 1.807) is 6.08 Å². The number of aliphatic hydroxyl groups is 2. The van der Waals surface area contributed by atoms with E-state index < -0.39 is 12.1 Å². The molecule has 3 N–H and O–H groups in total. The number of aliphatic hydroxyl groups excluding tert-OH is 2. The van der Waals surface area contributed by atoms with Crippen molar-refractivity contribution in [3.8, 4) is 0 Å². The van der Waals surface area contributed by atoms with Crippen molar-refractivity contribution in [2.45, 2.75) is 264 Å². The molecule has 4 heteroatoms. The maximum atomic E-state index is 12.4. The zero-order valence-electron chi connectivity index (χ0n) is 41.6. The summed E-state index contributed by atoms with van der Waals surface area (Å²) in [7, 11) is 0. The van der Waals surface area contributed by atoms with Crippen LogP contribution in [-0.2, 0) is 4.79 Å². The van der Waals surface area contributed by atoms with Gasteiger partial charge in [-0.3, -0.25) is 4.79 Å². The summed E-state index contributed by atoms with van der Waals surface area (Å²) in [4.78, 5) is 12.4. The quantitative estimate of drug-likeness (QED) is 0.0421. The van der Waals surface area contributed by atoms with Gasteiger partial charge in [0.2, 0.25) is 5.91 Å². The minimum atomic E-state index is -0.871. The second-order valence-electron chi connectivity index (χ2n) is 17.9. The first kappa shape index (κ1) is 60.3. The van der Waals surface area contributed by atoms with Crippen LogP contribution in [0.5, 0.6) is 0 Å². The van der Waals surface area contributed by atoms with Crippen LogP contribution in [0.2, 0.25) is 0 Å². The molecule has 4 nitrogen and oxygen atoms in total. The number of hydrogen-bond acceptors (Lipinski definition) is 3. The molecule has 362 valence electrons. The minimum Gasteiger partial charge on any atom is -0.394 e. The van der Waals surface area contributed by atoms with Gasteiger partial charge in [0.15, 0.2) is 0 Å². The van der Waals surface area contributed by atoms with Crippen molar-refractivity contribution in [1.29, 1.82) is 0 Å². The van der Waals surface area contributed by atoms with Gasteiger partial charge in [-0.05, 0) is 83.5 Å². The average molecular weight is 874 g/mol. The molecule has 0 aliphatic carbocycles. The number of rotatable bonds is 48. The minimum absolute atomic E-state index is 0.0790. The second-order valence-corrected chi connectivity index (χ2v) is 17.9. The lowest BCUT2D eigenvalue weighted by Gasteiger charge is -2.19. The summed E-state index contributed by atoms with van der Waals surface area (Å²) in [6.45, 7) is 4.13. The third-order valence-electron chi connectivity index (χ3n) is 11.8. The summed E-state index contributed by atoms with van der Waals surface area (Å²) in [5.74, 6) is -0.0790. The molecular weight excluding hydrogens is 771 g/mol. The van der Waals surface area contributed by atoms with Gasteiger partial charge >= 0.3 is 0 Å². The average Bonchev–Trinajstić information content (AvgIpc) is 3.29. The van der Waals surface area contributed by atoms with Gasteiger partial charge < -0.3 is 15.5 Å². The highest BCUT2D eigenvalue weighted by Gasteiger charge is 2.17. The van der Waals surface area contributed by atoms with Crippen molar-refractivity contribution in [3.63, 3.8) is 0 Å². The highest BCUT2D eigenvalue weighted by atomic mass is 16.3.